The number of carbonyl (C=O) groups excluding carboxylic acids is 2. The van der Waals surface area contributed by atoms with E-state index in [0.29, 0.717) is 11.6 Å². The van der Waals surface area contributed by atoms with Crippen molar-refractivity contribution >= 4 is 17.9 Å². The standard InChI is InChI=1S/C20H21N3O2/c1-14(17-3-2-12-21-13-17)22-19(24)11-6-15-4-7-16(8-5-15)20(25)23-18-9-10-18/h2-8,11-14,18H,9-10H2,1H3,(H,22,24)(H,23,25)/b11-6+/t14-/m0/s1. The Hall–Kier alpha value is -2.95. The van der Waals surface area contributed by atoms with E-state index in [1.54, 1.807) is 30.6 Å². The van der Waals surface area contributed by atoms with E-state index < -0.39 is 0 Å². The van der Waals surface area contributed by atoms with Gasteiger partial charge < -0.3 is 10.6 Å². The Morgan fingerprint density at radius 1 is 1.20 bits per heavy atom. The highest BCUT2D eigenvalue weighted by Crippen LogP contribution is 2.19. The van der Waals surface area contributed by atoms with Crippen LogP contribution in [0.25, 0.3) is 6.08 Å². The molecule has 0 saturated heterocycles. The van der Waals surface area contributed by atoms with Crippen LogP contribution in [-0.4, -0.2) is 22.8 Å². The topological polar surface area (TPSA) is 71.1 Å². The van der Waals surface area contributed by atoms with Gasteiger partial charge in [0.05, 0.1) is 6.04 Å². The highest BCUT2D eigenvalue weighted by Gasteiger charge is 2.23. The van der Waals surface area contributed by atoms with Crippen LogP contribution in [0.15, 0.2) is 54.9 Å². The van der Waals surface area contributed by atoms with Gasteiger partial charge in [-0.2, -0.15) is 0 Å². The van der Waals surface area contributed by atoms with Crippen LogP contribution in [0.4, 0.5) is 0 Å². The van der Waals surface area contributed by atoms with Gasteiger partial charge in [0.1, 0.15) is 0 Å². The van der Waals surface area contributed by atoms with Crippen molar-refractivity contribution in [1.29, 1.82) is 0 Å². The van der Waals surface area contributed by atoms with Crippen molar-refractivity contribution in [1.82, 2.24) is 15.6 Å². The molecule has 0 radical (unpaired) electrons. The first-order valence-corrected chi connectivity index (χ1v) is 8.41. The lowest BCUT2D eigenvalue weighted by Gasteiger charge is -2.12. The molecule has 1 atom stereocenters. The molecular formula is C20H21N3O2. The highest BCUT2D eigenvalue weighted by molar-refractivity contribution is 5.95. The molecule has 25 heavy (non-hydrogen) atoms. The van der Waals surface area contributed by atoms with E-state index in [2.05, 4.69) is 15.6 Å². The highest BCUT2D eigenvalue weighted by atomic mass is 16.2. The van der Waals surface area contributed by atoms with Gasteiger partial charge in [0.25, 0.3) is 5.91 Å². The van der Waals surface area contributed by atoms with Crippen LogP contribution >= 0.6 is 0 Å². The molecular weight excluding hydrogens is 314 g/mol. The van der Waals surface area contributed by atoms with Crippen LogP contribution in [0.2, 0.25) is 0 Å². The Balaban J connectivity index is 1.54. The molecule has 128 valence electrons. The van der Waals surface area contributed by atoms with Gasteiger partial charge in [-0.05, 0) is 55.2 Å². The van der Waals surface area contributed by atoms with Gasteiger partial charge in [-0.25, -0.2) is 0 Å². The molecule has 0 aliphatic heterocycles. The quantitative estimate of drug-likeness (QED) is 0.798. The summed E-state index contributed by atoms with van der Waals surface area (Å²) in [6, 6.07) is 11.2. The molecule has 1 aliphatic carbocycles. The van der Waals surface area contributed by atoms with Crippen LogP contribution < -0.4 is 10.6 Å². The number of hydrogen-bond acceptors (Lipinski definition) is 3. The maximum Gasteiger partial charge on any atom is 0.251 e. The number of carbonyl (C=O) groups is 2. The molecule has 5 heteroatoms. The first kappa shape index (κ1) is 16.9. The van der Waals surface area contributed by atoms with Gasteiger partial charge in [0, 0.05) is 30.1 Å². The van der Waals surface area contributed by atoms with Crippen LogP contribution in [0, 0.1) is 0 Å². The van der Waals surface area contributed by atoms with E-state index in [0.717, 1.165) is 24.0 Å². The average molecular weight is 335 g/mol. The van der Waals surface area contributed by atoms with Crippen LogP contribution in [0.3, 0.4) is 0 Å². The molecule has 3 rings (SSSR count). The number of pyridine rings is 1. The Morgan fingerprint density at radius 2 is 1.96 bits per heavy atom. The third-order valence-corrected chi connectivity index (χ3v) is 4.06. The zero-order valence-corrected chi connectivity index (χ0v) is 14.1. The molecule has 0 unspecified atom stereocenters. The third-order valence-electron chi connectivity index (χ3n) is 4.06. The Labute approximate surface area is 147 Å². The molecule has 5 nitrogen and oxygen atoms in total. The fourth-order valence-corrected chi connectivity index (χ4v) is 2.39. The average Bonchev–Trinajstić information content (AvgIpc) is 3.45. The van der Waals surface area contributed by atoms with E-state index in [-0.39, 0.29) is 17.9 Å². The van der Waals surface area contributed by atoms with Crippen molar-refractivity contribution in [3.05, 3.63) is 71.6 Å². The number of hydrogen-bond donors (Lipinski definition) is 2. The first-order chi connectivity index (χ1) is 12.1. The number of amides is 2. The van der Waals surface area contributed by atoms with Gasteiger partial charge in [0.2, 0.25) is 5.91 Å². The van der Waals surface area contributed by atoms with Crippen molar-refractivity contribution in [3.63, 3.8) is 0 Å². The zero-order chi connectivity index (χ0) is 17.6. The molecule has 1 fully saturated rings. The lowest BCUT2D eigenvalue weighted by Crippen LogP contribution is -2.25. The van der Waals surface area contributed by atoms with Gasteiger partial charge >= 0.3 is 0 Å². The van der Waals surface area contributed by atoms with Gasteiger partial charge in [-0.3, -0.25) is 14.6 Å². The zero-order valence-electron chi connectivity index (χ0n) is 14.1. The predicted molar refractivity (Wildman–Crippen MR) is 96.8 cm³/mol. The Kier molecular flexibility index (Phi) is 5.23. The fraction of sp³-hybridized carbons (Fsp3) is 0.250. The Bertz CT molecular complexity index is 765. The predicted octanol–water partition coefficient (Wildman–Crippen LogP) is 2.86. The molecule has 1 aromatic carbocycles. The molecule has 1 saturated carbocycles. The molecule has 2 amide bonds. The summed E-state index contributed by atoms with van der Waals surface area (Å²) in [4.78, 5) is 28.0. The lowest BCUT2D eigenvalue weighted by atomic mass is 10.1. The van der Waals surface area contributed by atoms with Crippen LogP contribution in [0.1, 0.15) is 47.3 Å². The monoisotopic (exact) mass is 335 g/mol. The summed E-state index contributed by atoms with van der Waals surface area (Å²) in [5.74, 6) is -0.215. The van der Waals surface area contributed by atoms with Crippen LogP contribution in [-0.2, 0) is 4.79 Å². The summed E-state index contributed by atoms with van der Waals surface area (Å²) in [7, 11) is 0. The molecule has 1 aromatic heterocycles. The number of nitrogens with zero attached hydrogens (tertiary/aromatic N) is 1. The van der Waals surface area contributed by atoms with Crippen molar-refractivity contribution < 1.29 is 9.59 Å². The third kappa shape index (κ3) is 5.01. The number of benzene rings is 1. The summed E-state index contributed by atoms with van der Waals surface area (Å²) >= 11 is 0. The number of aromatic nitrogens is 1. The van der Waals surface area contributed by atoms with E-state index in [1.807, 2.05) is 31.2 Å². The minimum atomic E-state index is -0.174. The summed E-state index contributed by atoms with van der Waals surface area (Å²) in [6.45, 7) is 1.91. The molecule has 0 spiro atoms. The summed E-state index contributed by atoms with van der Waals surface area (Å²) in [5, 5.41) is 5.85. The molecule has 1 aliphatic rings. The maximum absolute atomic E-state index is 12.0. The van der Waals surface area contributed by atoms with E-state index >= 15 is 0 Å². The number of nitrogens with one attached hydrogen (secondary N) is 2. The van der Waals surface area contributed by atoms with Gasteiger partial charge in [-0.15, -0.1) is 0 Å². The Morgan fingerprint density at radius 3 is 2.60 bits per heavy atom. The van der Waals surface area contributed by atoms with Crippen molar-refractivity contribution in [2.45, 2.75) is 31.8 Å². The normalized spacial score (nSPS) is 14.9. The van der Waals surface area contributed by atoms with Crippen molar-refractivity contribution in [3.8, 4) is 0 Å². The summed E-state index contributed by atoms with van der Waals surface area (Å²) in [6.07, 6.45) is 8.80. The van der Waals surface area contributed by atoms with Crippen LogP contribution in [0.5, 0.6) is 0 Å². The number of rotatable bonds is 6. The largest absolute Gasteiger partial charge is 0.349 e. The minimum absolute atomic E-state index is 0.0407. The second-order valence-electron chi connectivity index (χ2n) is 6.22. The summed E-state index contributed by atoms with van der Waals surface area (Å²) < 4.78 is 0. The summed E-state index contributed by atoms with van der Waals surface area (Å²) in [5.41, 5.74) is 2.46. The maximum atomic E-state index is 12.0. The van der Waals surface area contributed by atoms with E-state index in [4.69, 9.17) is 0 Å². The van der Waals surface area contributed by atoms with Gasteiger partial charge in [-0.1, -0.05) is 18.2 Å². The minimum Gasteiger partial charge on any atom is -0.349 e. The van der Waals surface area contributed by atoms with Crippen molar-refractivity contribution in [2.24, 2.45) is 0 Å². The molecule has 1 heterocycles. The van der Waals surface area contributed by atoms with E-state index in [1.165, 1.54) is 6.08 Å². The van der Waals surface area contributed by atoms with Gasteiger partial charge in [0.15, 0.2) is 0 Å². The smallest absolute Gasteiger partial charge is 0.251 e. The first-order valence-electron chi connectivity index (χ1n) is 8.41. The molecule has 2 aromatic rings. The second kappa shape index (κ2) is 7.75. The molecule has 0 bridgehead atoms. The second-order valence-corrected chi connectivity index (χ2v) is 6.22. The molecule has 2 N–H and O–H groups in total. The van der Waals surface area contributed by atoms with Crippen molar-refractivity contribution in [2.75, 3.05) is 0 Å². The van der Waals surface area contributed by atoms with E-state index in [9.17, 15) is 9.59 Å². The fourth-order valence-electron chi connectivity index (χ4n) is 2.39. The lowest BCUT2D eigenvalue weighted by molar-refractivity contribution is -0.117. The SMILES string of the molecule is C[C@H](NC(=O)/C=C/c1ccc(C(=O)NC2CC2)cc1)c1cccnc1.